The summed E-state index contributed by atoms with van der Waals surface area (Å²) in [6, 6.07) is 5.55. The third-order valence-corrected chi connectivity index (χ3v) is 4.40. The number of thiophene rings is 1. The summed E-state index contributed by atoms with van der Waals surface area (Å²) in [6.45, 7) is 2.38. The number of fused-ring (bicyclic) bond motifs is 1. The zero-order chi connectivity index (χ0) is 16.2. The molecule has 120 valence electrons. The Balaban J connectivity index is 1.76. The van der Waals surface area contributed by atoms with Crippen LogP contribution in [0, 0.1) is 0 Å². The fraction of sp³-hybridized carbons (Fsp3) is 0.267. The number of nitrogens with zero attached hydrogens (tertiary/aromatic N) is 2. The lowest BCUT2D eigenvalue weighted by Gasteiger charge is -2.08. The van der Waals surface area contributed by atoms with Gasteiger partial charge in [-0.05, 0) is 25.1 Å². The third-order valence-electron chi connectivity index (χ3n) is 3.25. The molecule has 3 N–H and O–H groups in total. The smallest absolute Gasteiger partial charge is 0.404 e. The molecule has 0 aromatic carbocycles. The van der Waals surface area contributed by atoms with Gasteiger partial charge in [0.1, 0.15) is 17.9 Å². The van der Waals surface area contributed by atoms with E-state index < -0.39 is 6.09 Å². The van der Waals surface area contributed by atoms with Gasteiger partial charge < -0.3 is 20.2 Å². The van der Waals surface area contributed by atoms with Crippen molar-refractivity contribution in [3.8, 4) is 0 Å². The molecule has 3 aromatic rings. The van der Waals surface area contributed by atoms with Gasteiger partial charge in [0.2, 0.25) is 0 Å². The van der Waals surface area contributed by atoms with Crippen LogP contribution in [0.1, 0.15) is 17.6 Å². The van der Waals surface area contributed by atoms with E-state index in [9.17, 15) is 4.79 Å². The summed E-state index contributed by atoms with van der Waals surface area (Å²) < 4.78 is 6.25. The number of aromatic nitrogens is 2. The number of amides is 1. The summed E-state index contributed by atoms with van der Waals surface area (Å²) in [5, 5.41) is 14.5. The van der Waals surface area contributed by atoms with Crippen LogP contribution in [0.15, 0.2) is 35.2 Å². The largest absolute Gasteiger partial charge is 0.467 e. The topological polar surface area (TPSA) is 100 Å². The molecule has 0 aliphatic rings. The highest BCUT2D eigenvalue weighted by Crippen LogP contribution is 2.30. The zero-order valence-electron chi connectivity index (χ0n) is 12.4. The van der Waals surface area contributed by atoms with Crippen LogP contribution >= 0.6 is 11.3 Å². The number of nitrogens with one attached hydrogen (secondary N) is 2. The fourth-order valence-electron chi connectivity index (χ4n) is 2.28. The molecule has 1 atom stereocenters. The van der Waals surface area contributed by atoms with Crippen molar-refractivity contribution >= 4 is 33.5 Å². The molecule has 0 saturated carbocycles. The van der Waals surface area contributed by atoms with E-state index >= 15 is 0 Å². The number of furan rings is 1. The van der Waals surface area contributed by atoms with Crippen molar-refractivity contribution in [1.29, 1.82) is 0 Å². The highest BCUT2D eigenvalue weighted by atomic mass is 32.1. The molecule has 0 fully saturated rings. The van der Waals surface area contributed by atoms with Crippen LogP contribution < -0.4 is 10.6 Å². The molecule has 3 aromatic heterocycles. The molecule has 0 spiro atoms. The number of hydrogen-bond donors (Lipinski definition) is 3. The van der Waals surface area contributed by atoms with Crippen LogP contribution in [-0.2, 0) is 13.0 Å². The summed E-state index contributed by atoms with van der Waals surface area (Å²) in [5.41, 5.74) is 0.851. The quantitative estimate of drug-likeness (QED) is 0.641. The van der Waals surface area contributed by atoms with Crippen LogP contribution in [0.25, 0.3) is 10.2 Å². The highest BCUT2D eigenvalue weighted by molar-refractivity contribution is 7.19. The predicted molar refractivity (Wildman–Crippen MR) is 87.8 cm³/mol. The fourth-order valence-corrected chi connectivity index (χ4v) is 3.48. The van der Waals surface area contributed by atoms with Crippen LogP contribution in [0.3, 0.4) is 0 Å². The molecule has 0 unspecified atom stereocenters. The first-order valence-electron chi connectivity index (χ1n) is 7.11. The minimum absolute atomic E-state index is 0.159. The first-order chi connectivity index (χ1) is 11.1. The summed E-state index contributed by atoms with van der Waals surface area (Å²) in [7, 11) is 0. The average Bonchev–Trinajstić information content (AvgIpc) is 3.12. The molecule has 0 radical (unpaired) electrons. The molecule has 8 heteroatoms. The second kappa shape index (κ2) is 6.66. The SMILES string of the molecule is C[C@@H](Cc1cc2ncnc(NCc3ccco3)c2s1)NC(=O)O. The summed E-state index contributed by atoms with van der Waals surface area (Å²) in [6.07, 6.45) is 2.75. The molecule has 1 amide bonds. The Kier molecular flexibility index (Phi) is 4.42. The van der Waals surface area contributed by atoms with Crippen LogP contribution in [0.5, 0.6) is 0 Å². The van der Waals surface area contributed by atoms with Crippen molar-refractivity contribution in [3.05, 3.63) is 41.4 Å². The van der Waals surface area contributed by atoms with Crippen molar-refractivity contribution < 1.29 is 14.3 Å². The van der Waals surface area contributed by atoms with Crippen molar-refractivity contribution in [1.82, 2.24) is 15.3 Å². The molecular weight excluding hydrogens is 316 g/mol. The van der Waals surface area contributed by atoms with Crippen molar-refractivity contribution in [2.24, 2.45) is 0 Å². The second-order valence-electron chi connectivity index (χ2n) is 5.14. The van der Waals surface area contributed by atoms with Crippen LogP contribution in [0.4, 0.5) is 10.6 Å². The minimum atomic E-state index is -1.01. The number of carboxylic acid groups (broad SMARTS) is 1. The molecule has 0 aliphatic heterocycles. The Morgan fingerprint density at radius 2 is 2.35 bits per heavy atom. The molecule has 3 rings (SSSR count). The van der Waals surface area contributed by atoms with E-state index in [4.69, 9.17) is 9.52 Å². The molecule has 23 heavy (non-hydrogen) atoms. The maximum absolute atomic E-state index is 10.7. The van der Waals surface area contributed by atoms with Gasteiger partial charge in [-0.15, -0.1) is 11.3 Å². The molecule has 0 bridgehead atoms. The van der Waals surface area contributed by atoms with Gasteiger partial charge in [0.15, 0.2) is 0 Å². The van der Waals surface area contributed by atoms with Gasteiger partial charge in [-0.1, -0.05) is 0 Å². The third kappa shape index (κ3) is 3.78. The van der Waals surface area contributed by atoms with Crippen molar-refractivity contribution in [2.45, 2.75) is 25.9 Å². The Bertz CT molecular complexity index is 800. The lowest BCUT2D eigenvalue weighted by Crippen LogP contribution is -2.32. The second-order valence-corrected chi connectivity index (χ2v) is 6.27. The van der Waals surface area contributed by atoms with Gasteiger partial charge >= 0.3 is 6.09 Å². The van der Waals surface area contributed by atoms with E-state index in [0.29, 0.717) is 13.0 Å². The number of carbonyl (C=O) groups is 1. The molecular formula is C15H16N4O3S. The Hall–Kier alpha value is -2.61. The molecule has 3 heterocycles. The summed E-state index contributed by atoms with van der Waals surface area (Å²) in [4.78, 5) is 20.3. The van der Waals surface area contributed by atoms with Gasteiger partial charge in [0, 0.05) is 17.3 Å². The van der Waals surface area contributed by atoms with Crippen molar-refractivity contribution in [3.63, 3.8) is 0 Å². The van der Waals surface area contributed by atoms with Gasteiger partial charge in [-0.3, -0.25) is 0 Å². The normalized spacial score (nSPS) is 12.2. The average molecular weight is 332 g/mol. The van der Waals surface area contributed by atoms with E-state index in [1.807, 2.05) is 25.1 Å². The zero-order valence-corrected chi connectivity index (χ0v) is 13.3. The van der Waals surface area contributed by atoms with Gasteiger partial charge in [0.05, 0.1) is 23.0 Å². The Morgan fingerprint density at radius 1 is 1.48 bits per heavy atom. The lowest BCUT2D eigenvalue weighted by atomic mass is 10.2. The lowest BCUT2D eigenvalue weighted by molar-refractivity contribution is 0.191. The molecule has 0 aliphatic carbocycles. The Labute approximate surface area is 136 Å². The van der Waals surface area contributed by atoms with Crippen LogP contribution in [0.2, 0.25) is 0 Å². The number of anilines is 1. The van der Waals surface area contributed by atoms with E-state index in [1.165, 1.54) is 6.33 Å². The Morgan fingerprint density at radius 3 is 3.09 bits per heavy atom. The maximum atomic E-state index is 10.7. The minimum Gasteiger partial charge on any atom is -0.467 e. The van der Waals surface area contributed by atoms with Gasteiger partial charge in [-0.2, -0.15) is 0 Å². The summed E-state index contributed by atoms with van der Waals surface area (Å²) >= 11 is 1.57. The van der Waals surface area contributed by atoms with E-state index in [-0.39, 0.29) is 6.04 Å². The monoisotopic (exact) mass is 332 g/mol. The van der Waals surface area contributed by atoms with Crippen molar-refractivity contribution in [2.75, 3.05) is 5.32 Å². The molecule has 7 nitrogen and oxygen atoms in total. The van der Waals surface area contributed by atoms with E-state index in [0.717, 1.165) is 26.7 Å². The van der Waals surface area contributed by atoms with Gasteiger partial charge in [-0.25, -0.2) is 14.8 Å². The van der Waals surface area contributed by atoms with E-state index in [1.54, 1.807) is 17.6 Å². The highest BCUT2D eigenvalue weighted by Gasteiger charge is 2.12. The maximum Gasteiger partial charge on any atom is 0.404 e. The first-order valence-corrected chi connectivity index (χ1v) is 7.92. The standard InChI is InChI=1S/C15H16N4O3S/c1-9(19-15(20)21)5-11-6-12-13(23-11)14(18-8-17-12)16-7-10-3-2-4-22-10/h2-4,6,8-9,19H,5,7H2,1H3,(H,20,21)(H,16,17,18)/t9-/m0/s1. The number of rotatable bonds is 6. The first kappa shape index (κ1) is 15.3. The predicted octanol–water partition coefficient (Wildman–Crippen LogP) is 3.10. The number of hydrogen-bond acceptors (Lipinski definition) is 6. The van der Waals surface area contributed by atoms with Gasteiger partial charge in [0.25, 0.3) is 0 Å². The summed E-state index contributed by atoms with van der Waals surface area (Å²) in [5.74, 6) is 1.58. The molecule has 0 saturated heterocycles. The van der Waals surface area contributed by atoms with Crippen LogP contribution in [-0.4, -0.2) is 27.2 Å². The van der Waals surface area contributed by atoms with E-state index in [2.05, 4.69) is 20.6 Å².